The van der Waals surface area contributed by atoms with Gasteiger partial charge in [0.05, 0.1) is 0 Å². The third kappa shape index (κ3) is 23.8. The number of nitrogens with zero attached hydrogens (tertiary/aromatic N) is 3. The summed E-state index contributed by atoms with van der Waals surface area (Å²) >= 11 is 0. The predicted octanol–water partition coefficient (Wildman–Crippen LogP) is 6.33. The molecule has 0 saturated heterocycles. The number of hydrogen-bond donors (Lipinski definition) is 0. The number of hydrogen-bond acceptors (Lipinski definition) is 0. The number of allylic oxidation sites excluding steroid dienone is 6. The van der Waals surface area contributed by atoms with E-state index in [9.17, 15) is 0 Å². The first-order valence-electron chi connectivity index (χ1n) is 7.58. The molecule has 138 valence electrons. The van der Waals surface area contributed by atoms with Gasteiger partial charge in [-0.15, -0.1) is 6.92 Å². The topological polar surface area (TPSA) is 42.3 Å². The molecule has 0 N–H and O–H groups in total. The van der Waals surface area contributed by atoms with Crippen LogP contribution in [0.25, 0.3) is 16.0 Å². The molecule has 1 aliphatic carbocycles. The minimum absolute atomic E-state index is 0. The summed E-state index contributed by atoms with van der Waals surface area (Å²) in [5.41, 5.74) is 4.39. The fourth-order valence-electron chi connectivity index (χ4n) is 1.41. The summed E-state index contributed by atoms with van der Waals surface area (Å²) in [7, 11) is 10.5. The smallest absolute Gasteiger partial charge is 0.668 e. The van der Waals surface area contributed by atoms with Crippen LogP contribution in [0.5, 0.6) is 0 Å². The van der Waals surface area contributed by atoms with Crippen LogP contribution in [0.4, 0.5) is 0 Å². The molecule has 0 saturated carbocycles. The van der Waals surface area contributed by atoms with Gasteiger partial charge < -0.3 is 16.0 Å². The van der Waals surface area contributed by atoms with E-state index < -0.39 is 0 Å². The van der Waals surface area contributed by atoms with Crippen molar-refractivity contribution in [2.75, 3.05) is 42.3 Å². The van der Waals surface area contributed by atoms with E-state index in [-0.39, 0.29) is 27.1 Å². The largest absolute Gasteiger partial charge is 4.00 e. The molecule has 24 heavy (non-hydrogen) atoms. The summed E-state index contributed by atoms with van der Waals surface area (Å²) in [6.07, 6.45) is 6.71. The van der Waals surface area contributed by atoms with Gasteiger partial charge in [-0.2, -0.15) is 53.4 Å². The molecule has 0 aromatic rings. The van der Waals surface area contributed by atoms with E-state index in [1.165, 1.54) is 16.7 Å². The molecule has 0 amide bonds. The Morgan fingerprint density at radius 2 is 1.04 bits per heavy atom. The van der Waals surface area contributed by atoms with Crippen molar-refractivity contribution >= 4 is 0 Å². The molecule has 0 radical (unpaired) electrons. The predicted molar refractivity (Wildman–Crippen MR) is 111 cm³/mol. The molecule has 0 bridgehead atoms. The summed E-state index contributed by atoms with van der Waals surface area (Å²) in [5.74, 6) is 0. The molecule has 4 heteroatoms. The molecule has 1 rings (SSSR count). The van der Waals surface area contributed by atoms with Crippen molar-refractivity contribution in [2.45, 2.75) is 34.6 Å². The molecule has 1 aliphatic rings. The van der Waals surface area contributed by atoms with Crippen molar-refractivity contribution in [1.29, 1.82) is 0 Å². The van der Waals surface area contributed by atoms with Gasteiger partial charge in [0, 0.05) is 0 Å². The van der Waals surface area contributed by atoms with Crippen LogP contribution in [0.1, 0.15) is 34.6 Å². The zero-order valence-electron chi connectivity index (χ0n) is 17.9. The molecule has 0 atom stereocenters. The van der Waals surface area contributed by atoms with E-state index >= 15 is 0 Å². The SMILES string of the molecule is C=CC=C.CC1=[C-]C(C)(C)C(C)=C1C.C[N-]C.C[N-]C.C[N-]C.[Ti+4]. The Labute approximate surface area is 168 Å². The van der Waals surface area contributed by atoms with Crippen molar-refractivity contribution in [1.82, 2.24) is 0 Å². The average Bonchev–Trinajstić information content (AvgIpc) is 2.64. The fraction of sp³-hybridized carbons (Fsp3) is 0.600. The van der Waals surface area contributed by atoms with Crippen molar-refractivity contribution < 1.29 is 21.7 Å². The van der Waals surface area contributed by atoms with Gasteiger partial charge in [0.2, 0.25) is 0 Å². The van der Waals surface area contributed by atoms with E-state index in [1.54, 1.807) is 54.4 Å². The standard InChI is InChI=1S/C10H15.C4H6.3C2H6N.Ti/c1-7-6-10(4,5)9(3)8(7)2;1-3-4-2;3*1-3-2;/h1-5H3;3-4H,1-2H2;3*1-2H3;/q-1;;3*-1;+4. The molecular formula is C20H39N3Ti. The first-order chi connectivity index (χ1) is 10.6. The minimum atomic E-state index is 0. The summed E-state index contributed by atoms with van der Waals surface area (Å²) in [6, 6.07) is 0. The van der Waals surface area contributed by atoms with Crippen molar-refractivity contribution in [3.63, 3.8) is 0 Å². The van der Waals surface area contributed by atoms with E-state index in [0.717, 1.165) is 0 Å². The summed E-state index contributed by atoms with van der Waals surface area (Å²) in [6.45, 7) is 17.6. The number of rotatable bonds is 1. The third-order valence-corrected chi connectivity index (χ3v) is 2.73. The van der Waals surface area contributed by atoms with E-state index in [0.29, 0.717) is 0 Å². The van der Waals surface area contributed by atoms with Gasteiger partial charge in [-0.1, -0.05) is 58.4 Å². The molecular weight excluding hydrogens is 330 g/mol. The molecule has 0 aromatic carbocycles. The van der Waals surface area contributed by atoms with Gasteiger partial charge in [0.15, 0.2) is 0 Å². The van der Waals surface area contributed by atoms with Crippen LogP contribution in [-0.4, -0.2) is 42.3 Å². The Bertz CT molecular complexity index is 332. The maximum Gasteiger partial charge on any atom is 4.00 e. The monoisotopic (exact) mass is 369 g/mol. The van der Waals surface area contributed by atoms with Gasteiger partial charge in [0.25, 0.3) is 0 Å². The van der Waals surface area contributed by atoms with E-state index in [4.69, 9.17) is 0 Å². The fourth-order valence-corrected chi connectivity index (χ4v) is 1.41. The van der Waals surface area contributed by atoms with Gasteiger partial charge >= 0.3 is 21.7 Å². The third-order valence-electron chi connectivity index (χ3n) is 2.73. The minimum Gasteiger partial charge on any atom is -0.668 e. The maximum absolute atomic E-state index is 3.50. The Balaban J connectivity index is -0.0000000728. The van der Waals surface area contributed by atoms with E-state index in [2.05, 4.69) is 69.8 Å². The normalized spacial score (nSPS) is 12.9. The second-order valence-electron chi connectivity index (χ2n) is 5.44. The molecule has 0 heterocycles. The van der Waals surface area contributed by atoms with Crippen LogP contribution in [0.3, 0.4) is 0 Å². The van der Waals surface area contributed by atoms with Gasteiger partial charge in [-0.05, 0) is 0 Å². The Morgan fingerprint density at radius 3 is 1.08 bits per heavy atom. The zero-order chi connectivity index (χ0) is 19.5. The molecule has 0 unspecified atom stereocenters. The van der Waals surface area contributed by atoms with Crippen molar-refractivity contribution in [3.8, 4) is 0 Å². The maximum atomic E-state index is 3.50. The Morgan fingerprint density at radius 1 is 0.792 bits per heavy atom. The van der Waals surface area contributed by atoms with Gasteiger partial charge in [-0.25, -0.2) is 5.57 Å². The van der Waals surface area contributed by atoms with Crippen LogP contribution < -0.4 is 0 Å². The van der Waals surface area contributed by atoms with Crippen LogP contribution >= 0.6 is 0 Å². The van der Waals surface area contributed by atoms with Crippen LogP contribution in [0, 0.1) is 11.5 Å². The molecule has 0 aromatic heterocycles. The van der Waals surface area contributed by atoms with Gasteiger partial charge in [-0.3, -0.25) is 6.08 Å². The Hall–Kier alpha value is -0.446. The molecule has 0 aliphatic heterocycles. The quantitative estimate of drug-likeness (QED) is 0.295. The Kier molecular flexibility index (Phi) is 36.0. The summed E-state index contributed by atoms with van der Waals surface area (Å²) in [4.78, 5) is 0. The van der Waals surface area contributed by atoms with Crippen LogP contribution in [0.2, 0.25) is 0 Å². The first kappa shape index (κ1) is 34.8. The molecule has 0 fully saturated rings. The summed E-state index contributed by atoms with van der Waals surface area (Å²) in [5, 5.41) is 10.5. The van der Waals surface area contributed by atoms with E-state index in [1.807, 2.05) is 0 Å². The van der Waals surface area contributed by atoms with Crippen LogP contribution in [-0.2, 0) is 21.7 Å². The van der Waals surface area contributed by atoms with Crippen molar-refractivity contribution in [2.24, 2.45) is 5.41 Å². The van der Waals surface area contributed by atoms with Gasteiger partial charge in [0.1, 0.15) is 0 Å². The molecule has 0 spiro atoms. The average molecular weight is 369 g/mol. The van der Waals surface area contributed by atoms with Crippen LogP contribution in [0.15, 0.2) is 42.0 Å². The first-order valence-corrected chi connectivity index (χ1v) is 7.58. The zero-order valence-corrected chi connectivity index (χ0v) is 19.5. The van der Waals surface area contributed by atoms with Crippen molar-refractivity contribution in [3.05, 3.63) is 64.1 Å². The molecule has 3 nitrogen and oxygen atoms in total. The summed E-state index contributed by atoms with van der Waals surface area (Å²) < 4.78 is 0. The second-order valence-corrected chi connectivity index (χ2v) is 5.44. The second kappa shape index (κ2) is 24.8.